The molecule has 1 radical (unpaired) electrons. The predicted molar refractivity (Wildman–Crippen MR) is 136 cm³/mol. The van der Waals surface area contributed by atoms with Gasteiger partial charge in [-0.3, -0.25) is 6.08 Å². The van der Waals surface area contributed by atoms with Gasteiger partial charge in [0.2, 0.25) is 0 Å². The van der Waals surface area contributed by atoms with Crippen molar-refractivity contribution in [1.82, 2.24) is 0 Å². The Morgan fingerprint density at radius 1 is 0.828 bits per heavy atom. The molecule has 0 N–H and O–H groups in total. The van der Waals surface area contributed by atoms with E-state index in [2.05, 4.69) is 108 Å². The molecule has 1 aliphatic carbocycles. The summed E-state index contributed by atoms with van der Waals surface area (Å²) in [4.78, 5) is 0. The van der Waals surface area contributed by atoms with E-state index in [-0.39, 0.29) is 63.3 Å². The molecule has 1 unspecified atom stereocenters. The first-order valence-corrected chi connectivity index (χ1v) is 13.6. The van der Waals surface area contributed by atoms with E-state index in [1.165, 1.54) is 33.1 Å². The molecule has 157 valence electrons. The van der Waals surface area contributed by atoms with Gasteiger partial charge in [-0.1, -0.05) is 100 Å². The SMILES string of the molecule is CC1=[C-]C(C)C(C)=C1C.C[Si](C)CP(c1ccccc1)c1ccccc1.Cl.Cl.[Ti]. The van der Waals surface area contributed by atoms with E-state index in [1.807, 2.05) is 0 Å². The zero-order valence-electron chi connectivity index (χ0n) is 18.3. The van der Waals surface area contributed by atoms with Crippen LogP contribution in [0.15, 0.2) is 77.4 Å². The number of hydrogen-bond donors (Lipinski definition) is 0. The molecule has 0 aromatic heterocycles. The number of hydrogen-bond acceptors (Lipinski definition) is 0. The molecule has 0 saturated heterocycles. The van der Waals surface area contributed by atoms with Crippen molar-refractivity contribution < 1.29 is 21.7 Å². The second kappa shape index (κ2) is 15.6. The van der Waals surface area contributed by atoms with Gasteiger partial charge in [-0.15, -0.1) is 31.7 Å². The summed E-state index contributed by atoms with van der Waals surface area (Å²) >= 11 is 0. The molecule has 5 heteroatoms. The van der Waals surface area contributed by atoms with E-state index in [0.717, 1.165) is 0 Å². The van der Waals surface area contributed by atoms with Crippen molar-refractivity contribution in [2.45, 2.75) is 40.8 Å². The Labute approximate surface area is 208 Å². The van der Waals surface area contributed by atoms with Crippen LogP contribution in [0, 0.1) is 12.0 Å². The maximum atomic E-state index is 3.36. The van der Waals surface area contributed by atoms with Crippen molar-refractivity contribution in [1.29, 1.82) is 0 Å². The summed E-state index contributed by atoms with van der Waals surface area (Å²) in [7, 11) is -0.344. The Morgan fingerprint density at radius 3 is 1.48 bits per heavy atom. The third kappa shape index (κ3) is 9.69. The van der Waals surface area contributed by atoms with Crippen LogP contribution >= 0.6 is 32.7 Å². The van der Waals surface area contributed by atoms with Crippen LogP contribution < -0.4 is 10.6 Å². The van der Waals surface area contributed by atoms with Crippen molar-refractivity contribution >= 4 is 52.1 Å². The van der Waals surface area contributed by atoms with E-state index in [9.17, 15) is 0 Å². The predicted octanol–water partition coefficient (Wildman–Crippen LogP) is 6.98. The van der Waals surface area contributed by atoms with Crippen LogP contribution in [0.3, 0.4) is 0 Å². The number of rotatable bonds is 4. The fraction of sp³-hybridized carbons (Fsp3) is 0.333. The van der Waals surface area contributed by atoms with Gasteiger partial charge in [0.25, 0.3) is 0 Å². The maximum Gasteiger partial charge on any atom is 0.0466 e. The molecule has 0 aliphatic heterocycles. The summed E-state index contributed by atoms with van der Waals surface area (Å²) in [6.07, 6.45) is 3.36. The number of halogens is 2. The van der Waals surface area contributed by atoms with Crippen LogP contribution in [0.1, 0.15) is 27.7 Å². The van der Waals surface area contributed by atoms with Crippen molar-refractivity contribution in [2.24, 2.45) is 5.92 Å². The molecule has 0 fully saturated rings. The molecular formula is C24H33Cl2PSiTi-. The Kier molecular flexibility index (Phi) is 16.7. The monoisotopic (exact) mass is 498 g/mol. The second-order valence-corrected chi connectivity index (χ2v) is 12.8. The molecule has 1 atom stereocenters. The van der Waals surface area contributed by atoms with Gasteiger partial charge in [0.05, 0.1) is 0 Å². The summed E-state index contributed by atoms with van der Waals surface area (Å²) in [6, 6.07) is 22.0. The first-order chi connectivity index (χ1) is 12.4. The Hall–Kier alpha value is -0.139. The van der Waals surface area contributed by atoms with Crippen LogP contribution in [0.25, 0.3) is 0 Å². The molecule has 0 nitrogen and oxygen atoms in total. The molecule has 0 heterocycles. The average Bonchev–Trinajstić information content (AvgIpc) is 2.87. The largest absolute Gasteiger partial charge is 0.266 e. The van der Waals surface area contributed by atoms with Crippen LogP contribution in [0.2, 0.25) is 13.1 Å². The molecule has 2 aromatic rings. The summed E-state index contributed by atoms with van der Waals surface area (Å²) in [5.74, 6) is 1.93. The fourth-order valence-electron chi connectivity index (χ4n) is 3.03. The Balaban J connectivity index is 0. The van der Waals surface area contributed by atoms with Crippen molar-refractivity contribution in [3.8, 4) is 0 Å². The first-order valence-electron chi connectivity index (χ1n) is 9.34. The van der Waals surface area contributed by atoms with Gasteiger partial charge in [-0.2, -0.15) is 11.1 Å². The standard InChI is InChI=1S/C15H18PSi.C9H13.2ClH.Ti/c1-17(2)13-16(14-9-5-3-6-10-14)15-11-7-4-8-12-15;1-6-5-7(2)9(4)8(6)3;;;/h3-12H,13H2,1-2H3;6H,1-4H3;2*1H;/q;-1;;;. The fourth-order valence-corrected chi connectivity index (χ4v) is 8.38. The molecule has 0 saturated carbocycles. The van der Waals surface area contributed by atoms with Crippen LogP contribution in [-0.4, -0.2) is 14.6 Å². The third-order valence-electron chi connectivity index (χ3n) is 4.85. The molecule has 3 rings (SSSR count). The van der Waals surface area contributed by atoms with Gasteiger partial charge in [0.1, 0.15) is 0 Å². The molecule has 1 aliphatic rings. The van der Waals surface area contributed by atoms with Crippen molar-refractivity contribution in [3.63, 3.8) is 0 Å². The second-order valence-electron chi connectivity index (χ2n) is 7.26. The topological polar surface area (TPSA) is 0 Å². The van der Waals surface area contributed by atoms with Gasteiger partial charge in [0, 0.05) is 30.5 Å². The van der Waals surface area contributed by atoms with Crippen molar-refractivity contribution in [3.05, 3.63) is 83.5 Å². The van der Waals surface area contributed by atoms with Crippen LogP contribution in [0.5, 0.6) is 0 Å². The maximum absolute atomic E-state index is 3.36. The van der Waals surface area contributed by atoms with Gasteiger partial charge in [-0.05, 0) is 24.3 Å². The van der Waals surface area contributed by atoms with Gasteiger partial charge >= 0.3 is 0 Å². The van der Waals surface area contributed by atoms with E-state index >= 15 is 0 Å². The third-order valence-corrected chi connectivity index (χ3v) is 10.5. The minimum atomic E-state index is -0.199. The summed E-state index contributed by atoms with van der Waals surface area (Å²) < 4.78 is 0. The zero-order chi connectivity index (χ0) is 19.1. The Bertz CT molecular complexity index is 721. The summed E-state index contributed by atoms with van der Waals surface area (Å²) in [5.41, 5.74) is 4.25. The first kappa shape index (κ1) is 31.1. The molecule has 2 aromatic carbocycles. The molecule has 0 amide bonds. The van der Waals surface area contributed by atoms with Crippen molar-refractivity contribution in [2.75, 3.05) is 5.79 Å². The van der Waals surface area contributed by atoms with E-state index < -0.39 is 0 Å². The van der Waals surface area contributed by atoms with Gasteiger partial charge in [0.15, 0.2) is 0 Å². The van der Waals surface area contributed by atoms with Gasteiger partial charge < -0.3 is 0 Å². The van der Waals surface area contributed by atoms with E-state index in [0.29, 0.717) is 5.92 Å². The normalized spacial score (nSPS) is 14.9. The Morgan fingerprint density at radius 2 is 1.24 bits per heavy atom. The molecular weight excluding hydrogens is 466 g/mol. The quantitative estimate of drug-likeness (QED) is 0.242. The molecule has 29 heavy (non-hydrogen) atoms. The average molecular weight is 499 g/mol. The summed E-state index contributed by atoms with van der Waals surface area (Å²) in [5, 5.41) is 3.03. The van der Waals surface area contributed by atoms with Gasteiger partial charge in [-0.25, -0.2) is 5.57 Å². The smallest absolute Gasteiger partial charge is 0.0466 e. The zero-order valence-corrected chi connectivity index (χ0v) is 23.4. The van der Waals surface area contributed by atoms with Crippen LogP contribution in [0.4, 0.5) is 0 Å². The number of benzene rings is 2. The minimum absolute atomic E-state index is 0. The molecule has 0 bridgehead atoms. The van der Waals surface area contributed by atoms with Crippen LogP contribution in [-0.2, 0) is 21.7 Å². The van der Waals surface area contributed by atoms with E-state index in [4.69, 9.17) is 0 Å². The van der Waals surface area contributed by atoms with E-state index in [1.54, 1.807) is 0 Å². The summed E-state index contributed by atoms with van der Waals surface area (Å²) in [6.45, 7) is 13.5. The number of allylic oxidation sites excluding steroid dienone is 4. The molecule has 0 spiro atoms. The minimum Gasteiger partial charge on any atom is -0.266 e.